The zero-order chi connectivity index (χ0) is 14.2. The molecule has 2 aliphatic rings. The average Bonchev–Trinajstić information content (AvgIpc) is 2.92. The van der Waals surface area contributed by atoms with Crippen molar-refractivity contribution in [3.05, 3.63) is 17.7 Å². The van der Waals surface area contributed by atoms with Crippen LogP contribution in [0.5, 0.6) is 17.2 Å². The first-order valence-electron chi connectivity index (χ1n) is 6.90. The van der Waals surface area contributed by atoms with Crippen LogP contribution in [0.4, 0.5) is 0 Å². The molecule has 3 rings (SSSR count). The third kappa shape index (κ3) is 2.11. The molecule has 110 valence electrons. The van der Waals surface area contributed by atoms with Crippen molar-refractivity contribution in [1.82, 2.24) is 5.32 Å². The third-order valence-electron chi connectivity index (χ3n) is 4.23. The minimum absolute atomic E-state index is 0.0143. The zero-order valence-electron chi connectivity index (χ0n) is 12.2. The normalized spacial score (nSPS) is 28.1. The number of fused-ring (bicyclic) bond motifs is 1. The summed E-state index contributed by atoms with van der Waals surface area (Å²) >= 11 is 0. The maximum absolute atomic E-state index is 6.29. The molecule has 5 nitrogen and oxygen atoms in total. The fraction of sp³-hybridized carbons (Fsp3) is 0.600. The molecule has 1 aromatic carbocycles. The molecule has 1 fully saturated rings. The van der Waals surface area contributed by atoms with E-state index in [9.17, 15) is 0 Å². The van der Waals surface area contributed by atoms with Crippen molar-refractivity contribution in [2.45, 2.75) is 24.5 Å². The maximum atomic E-state index is 6.29. The Balaban J connectivity index is 2.07. The SMILES string of the molecule is COc1cc(OC)c2c(c1)OC1(CCNC1)CC2OC. The van der Waals surface area contributed by atoms with Crippen molar-refractivity contribution in [2.24, 2.45) is 0 Å². The van der Waals surface area contributed by atoms with E-state index < -0.39 is 0 Å². The van der Waals surface area contributed by atoms with Gasteiger partial charge < -0.3 is 24.3 Å². The Morgan fingerprint density at radius 3 is 2.70 bits per heavy atom. The molecule has 0 aliphatic carbocycles. The van der Waals surface area contributed by atoms with Crippen LogP contribution in [0.2, 0.25) is 0 Å². The van der Waals surface area contributed by atoms with E-state index in [1.54, 1.807) is 21.3 Å². The van der Waals surface area contributed by atoms with Crippen molar-refractivity contribution in [3.63, 3.8) is 0 Å². The van der Waals surface area contributed by atoms with E-state index in [0.29, 0.717) is 0 Å². The van der Waals surface area contributed by atoms with Gasteiger partial charge in [0.15, 0.2) is 0 Å². The lowest BCUT2D eigenvalue weighted by molar-refractivity contribution is -0.0217. The van der Waals surface area contributed by atoms with Gasteiger partial charge in [-0.05, 0) is 6.54 Å². The van der Waals surface area contributed by atoms with Gasteiger partial charge >= 0.3 is 0 Å². The number of hydrogen-bond donors (Lipinski definition) is 1. The quantitative estimate of drug-likeness (QED) is 0.916. The first-order chi connectivity index (χ1) is 9.71. The summed E-state index contributed by atoms with van der Waals surface area (Å²) in [4.78, 5) is 0. The lowest BCUT2D eigenvalue weighted by Gasteiger charge is -2.39. The van der Waals surface area contributed by atoms with Gasteiger partial charge in [0, 0.05) is 38.6 Å². The van der Waals surface area contributed by atoms with Gasteiger partial charge in [-0.25, -0.2) is 0 Å². The predicted molar refractivity (Wildman–Crippen MR) is 74.8 cm³/mol. The Morgan fingerprint density at radius 1 is 1.25 bits per heavy atom. The monoisotopic (exact) mass is 279 g/mol. The molecule has 0 saturated carbocycles. The molecule has 2 unspecified atom stereocenters. The van der Waals surface area contributed by atoms with Crippen LogP contribution in [0, 0.1) is 0 Å². The second kappa shape index (κ2) is 5.14. The van der Waals surface area contributed by atoms with Gasteiger partial charge in [-0.15, -0.1) is 0 Å². The molecule has 0 radical (unpaired) electrons. The van der Waals surface area contributed by atoms with E-state index in [1.165, 1.54) is 0 Å². The van der Waals surface area contributed by atoms with E-state index in [1.807, 2.05) is 12.1 Å². The Hall–Kier alpha value is -1.46. The molecule has 1 aromatic rings. The molecule has 0 aromatic heterocycles. The zero-order valence-corrected chi connectivity index (χ0v) is 12.2. The van der Waals surface area contributed by atoms with E-state index >= 15 is 0 Å². The Labute approximate surface area is 119 Å². The molecule has 5 heteroatoms. The molecule has 0 amide bonds. The average molecular weight is 279 g/mol. The van der Waals surface area contributed by atoms with Gasteiger partial charge in [0.25, 0.3) is 0 Å². The van der Waals surface area contributed by atoms with Crippen LogP contribution in [-0.4, -0.2) is 40.0 Å². The van der Waals surface area contributed by atoms with E-state index in [2.05, 4.69) is 5.32 Å². The summed E-state index contributed by atoms with van der Waals surface area (Å²) in [5.74, 6) is 2.30. The van der Waals surface area contributed by atoms with Crippen LogP contribution in [0.25, 0.3) is 0 Å². The summed E-state index contributed by atoms with van der Waals surface area (Å²) in [6.45, 7) is 1.83. The van der Waals surface area contributed by atoms with Gasteiger partial charge in [-0.1, -0.05) is 0 Å². The lowest BCUT2D eigenvalue weighted by atomic mass is 9.87. The van der Waals surface area contributed by atoms with Crippen LogP contribution in [0.1, 0.15) is 24.5 Å². The van der Waals surface area contributed by atoms with Gasteiger partial charge in [-0.2, -0.15) is 0 Å². The smallest absolute Gasteiger partial charge is 0.133 e. The number of hydrogen-bond acceptors (Lipinski definition) is 5. The van der Waals surface area contributed by atoms with Crippen LogP contribution in [0.15, 0.2) is 12.1 Å². The van der Waals surface area contributed by atoms with E-state index in [-0.39, 0.29) is 11.7 Å². The van der Waals surface area contributed by atoms with Gasteiger partial charge in [0.1, 0.15) is 22.8 Å². The van der Waals surface area contributed by atoms with Crippen LogP contribution in [0.3, 0.4) is 0 Å². The largest absolute Gasteiger partial charge is 0.496 e. The molecule has 1 N–H and O–H groups in total. The van der Waals surface area contributed by atoms with Crippen molar-refractivity contribution < 1.29 is 18.9 Å². The summed E-state index contributed by atoms with van der Waals surface area (Å²) in [6, 6.07) is 3.79. The highest BCUT2D eigenvalue weighted by molar-refractivity contribution is 5.53. The lowest BCUT2D eigenvalue weighted by Crippen LogP contribution is -2.43. The van der Waals surface area contributed by atoms with Gasteiger partial charge in [-0.3, -0.25) is 0 Å². The third-order valence-corrected chi connectivity index (χ3v) is 4.23. The second-order valence-corrected chi connectivity index (χ2v) is 5.38. The molecule has 2 heterocycles. The van der Waals surface area contributed by atoms with Crippen molar-refractivity contribution >= 4 is 0 Å². The van der Waals surface area contributed by atoms with Crippen LogP contribution in [-0.2, 0) is 4.74 Å². The Kier molecular flexibility index (Phi) is 3.48. The van der Waals surface area contributed by atoms with Crippen LogP contribution < -0.4 is 19.5 Å². The summed E-state index contributed by atoms with van der Waals surface area (Å²) in [6.07, 6.45) is 1.82. The number of methoxy groups -OCH3 is 3. The van der Waals surface area contributed by atoms with E-state index in [0.717, 1.165) is 48.7 Å². The highest BCUT2D eigenvalue weighted by Gasteiger charge is 2.44. The topological polar surface area (TPSA) is 49.0 Å². The Bertz CT molecular complexity index is 497. The standard InChI is InChI=1S/C15H21NO4/c1-17-10-6-11(18-2)14-12(7-10)20-15(4-5-16-9-15)8-13(14)19-3/h6-7,13,16H,4-5,8-9H2,1-3H3. The minimum Gasteiger partial charge on any atom is -0.496 e. The summed E-state index contributed by atoms with van der Waals surface area (Å²) < 4.78 is 22.8. The highest BCUT2D eigenvalue weighted by atomic mass is 16.5. The molecule has 1 saturated heterocycles. The number of benzene rings is 1. The number of ether oxygens (including phenoxy) is 4. The summed E-state index contributed by atoms with van der Waals surface area (Å²) in [5, 5.41) is 3.37. The molecule has 2 atom stereocenters. The van der Waals surface area contributed by atoms with Gasteiger partial charge in [0.2, 0.25) is 0 Å². The van der Waals surface area contributed by atoms with Crippen molar-refractivity contribution in [1.29, 1.82) is 0 Å². The number of rotatable bonds is 3. The highest BCUT2D eigenvalue weighted by Crippen LogP contribution is 2.49. The predicted octanol–water partition coefficient (Wildman–Crippen LogP) is 1.91. The van der Waals surface area contributed by atoms with Gasteiger partial charge in [0.05, 0.1) is 25.9 Å². The van der Waals surface area contributed by atoms with Crippen LogP contribution >= 0.6 is 0 Å². The fourth-order valence-corrected chi connectivity index (χ4v) is 3.16. The van der Waals surface area contributed by atoms with E-state index in [4.69, 9.17) is 18.9 Å². The van der Waals surface area contributed by atoms with Crippen molar-refractivity contribution in [2.75, 3.05) is 34.4 Å². The molecular weight excluding hydrogens is 258 g/mol. The maximum Gasteiger partial charge on any atom is 0.133 e. The number of nitrogens with one attached hydrogen (secondary N) is 1. The first kappa shape index (κ1) is 13.5. The molecule has 1 spiro atoms. The second-order valence-electron chi connectivity index (χ2n) is 5.38. The first-order valence-corrected chi connectivity index (χ1v) is 6.90. The molecule has 0 bridgehead atoms. The van der Waals surface area contributed by atoms with Crippen molar-refractivity contribution in [3.8, 4) is 17.2 Å². The molecular formula is C15H21NO4. The molecule has 2 aliphatic heterocycles. The fourth-order valence-electron chi connectivity index (χ4n) is 3.16. The molecule has 20 heavy (non-hydrogen) atoms. The summed E-state index contributed by atoms with van der Waals surface area (Å²) in [5.41, 5.74) is 0.804. The Morgan fingerprint density at radius 2 is 2.10 bits per heavy atom. The summed E-state index contributed by atoms with van der Waals surface area (Å²) in [7, 11) is 5.04. The minimum atomic E-state index is -0.176.